The Hall–Kier alpha value is -3.96. The van der Waals surface area contributed by atoms with Gasteiger partial charge in [0, 0.05) is 18.7 Å². The molecule has 1 aromatic heterocycles. The monoisotopic (exact) mass is 499 g/mol. The number of anilines is 1. The molecule has 1 aliphatic heterocycles. The first-order chi connectivity index (χ1) is 17.6. The van der Waals surface area contributed by atoms with Gasteiger partial charge in [0.2, 0.25) is 5.95 Å². The number of ether oxygens (including phenoxy) is 1. The molecule has 2 heterocycles. The number of rotatable bonds is 4. The fourth-order valence-corrected chi connectivity index (χ4v) is 4.47. The number of piperidine rings is 1. The molecule has 4 rings (SSSR count). The smallest absolute Gasteiger partial charge is 0.417 e. The first kappa shape index (κ1) is 26.1. The Kier molecular flexibility index (Phi) is 7.46. The fraction of sp³-hybridized carbons (Fsp3) is 0.379. The van der Waals surface area contributed by atoms with Crippen LogP contribution in [0.25, 0.3) is 22.4 Å². The van der Waals surface area contributed by atoms with E-state index in [4.69, 9.17) is 9.72 Å². The Morgan fingerprint density at radius 2 is 1.68 bits per heavy atom. The summed E-state index contributed by atoms with van der Waals surface area (Å²) in [4.78, 5) is 34.0. The zero-order valence-corrected chi connectivity index (χ0v) is 22.0. The number of aromatic nitrogens is 2. The van der Waals surface area contributed by atoms with Gasteiger partial charge in [-0.1, -0.05) is 42.0 Å². The number of amides is 1. The van der Waals surface area contributed by atoms with Crippen molar-refractivity contribution >= 4 is 12.0 Å². The predicted octanol–water partition coefficient (Wildman–Crippen LogP) is 4.79. The van der Waals surface area contributed by atoms with E-state index < -0.39 is 11.7 Å². The van der Waals surface area contributed by atoms with Gasteiger partial charge >= 0.3 is 6.09 Å². The number of hydrogen-bond acceptors (Lipinski definition) is 6. The van der Waals surface area contributed by atoms with Crippen LogP contribution in [0.3, 0.4) is 0 Å². The summed E-state index contributed by atoms with van der Waals surface area (Å²) >= 11 is 0. The molecule has 1 saturated heterocycles. The maximum Gasteiger partial charge on any atom is 0.417 e. The summed E-state index contributed by atoms with van der Waals surface area (Å²) in [6.45, 7) is 8.95. The van der Waals surface area contributed by atoms with Crippen LogP contribution in [0.5, 0.6) is 0 Å². The number of aryl methyl sites for hydroxylation is 1. The number of nitriles is 1. The lowest BCUT2D eigenvalue weighted by Gasteiger charge is -2.35. The largest absolute Gasteiger partial charge is 0.443 e. The molecule has 0 atom stereocenters. The molecule has 37 heavy (non-hydrogen) atoms. The number of carbonyl (C=O) groups is 1. The van der Waals surface area contributed by atoms with Crippen molar-refractivity contribution in [2.45, 2.75) is 52.2 Å². The van der Waals surface area contributed by atoms with Crippen molar-refractivity contribution in [1.82, 2.24) is 14.9 Å². The lowest BCUT2D eigenvalue weighted by Crippen LogP contribution is -2.50. The molecule has 8 nitrogen and oxygen atoms in total. The number of benzene rings is 2. The van der Waals surface area contributed by atoms with Gasteiger partial charge in [-0.15, -0.1) is 0 Å². The molecule has 1 amide bonds. The molecule has 0 radical (unpaired) electrons. The van der Waals surface area contributed by atoms with Crippen LogP contribution in [-0.4, -0.2) is 40.4 Å². The Morgan fingerprint density at radius 1 is 1.08 bits per heavy atom. The number of nitrogens with zero attached hydrogens (tertiary/aromatic N) is 4. The van der Waals surface area contributed by atoms with Crippen molar-refractivity contribution in [1.29, 1.82) is 5.26 Å². The van der Waals surface area contributed by atoms with E-state index in [9.17, 15) is 14.9 Å². The van der Waals surface area contributed by atoms with Gasteiger partial charge in [-0.3, -0.25) is 9.36 Å². The number of hydrogen-bond donors (Lipinski definition) is 1. The Bertz CT molecular complexity index is 1370. The molecular weight excluding hydrogens is 466 g/mol. The summed E-state index contributed by atoms with van der Waals surface area (Å²) in [6, 6.07) is 16.6. The molecule has 0 unspecified atom stereocenters. The van der Waals surface area contributed by atoms with Gasteiger partial charge < -0.3 is 10.1 Å². The van der Waals surface area contributed by atoms with E-state index in [1.165, 1.54) is 4.57 Å². The van der Waals surface area contributed by atoms with E-state index in [0.29, 0.717) is 35.2 Å². The molecule has 1 N–H and O–H groups in total. The fourth-order valence-electron chi connectivity index (χ4n) is 4.47. The van der Waals surface area contributed by atoms with Crippen molar-refractivity contribution < 1.29 is 9.53 Å². The van der Waals surface area contributed by atoms with E-state index in [0.717, 1.165) is 24.2 Å². The van der Waals surface area contributed by atoms with Crippen LogP contribution in [0.4, 0.5) is 10.7 Å². The summed E-state index contributed by atoms with van der Waals surface area (Å²) in [5.41, 5.74) is 2.91. The topological polar surface area (TPSA) is 100 Å². The van der Waals surface area contributed by atoms with Gasteiger partial charge in [0.05, 0.1) is 22.9 Å². The summed E-state index contributed by atoms with van der Waals surface area (Å²) in [6.07, 6.45) is 0.887. The van der Waals surface area contributed by atoms with E-state index >= 15 is 0 Å². The second-order valence-corrected chi connectivity index (χ2v) is 10.4. The van der Waals surface area contributed by atoms with E-state index in [2.05, 4.69) is 11.4 Å². The Morgan fingerprint density at radius 3 is 2.24 bits per heavy atom. The average molecular weight is 500 g/mol. The maximum atomic E-state index is 14.0. The molecule has 2 aromatic carbocycles. The van der Waals surface area contributed by atoms with E-state index in [-0.39, 0.29) is 17.5 Å². The van der Waals surface area contributed by atoms with Crippen LogP contribution < -0.4 is 15.8 Å². The van der Waals surface area contributed by atoms with Gasteiger partial charge in [0.15, 0.2) is 0 Å². The quantitative estimate of drug-likeness (QED) is 0.554. The lowest BCUT2D eigenvalue weighted by atomic mass is 9.98. The third-order valence-electron chi connectivity index (χ3n) is 6.37. The summed E-state index contributed by atoms with van der Waals surface area (Å²) in [7, 11) is 1.64. The molecule has 0 spiro atoms. The summed E-state index contributed by atoms with van der Waals surface area (Å²) < 4.78 is 7.22. The van der Waals surface area contributed by atoms with Crippen LogP contribution in [0, 0.1) is 18.3 Å². The molecule has 8 heteroatoms. The van der Waals surface area contributed by atoms with Crippen LogP contribution in [-0.2, 0) is 11.8 Å². The van der Waals surface area contributed by atoms with E-state index in [1.807, 2.05) is 52.0 Å². The van der Waals surface area contributed by atoms with Gasteiger partial charge in [0.25, 0.3) is 5.56 Å². The SMILES string of the molecule is Cc1ccc(-c2c(-c3ccc(C#N)cc3)nc(N(C(=O)OC(C)(C)C)C3CCNCC3)n(C)c2=O)cc1. The molecular formula is C29H33N5O3. The standard InChI is InChI=1S/C29H33N5O3/c1-19-6-10-21(11-7-19)24-25(22-12-8-20(18-30)9-13-22)32-27(33(5)26(24)35)34(23-14-16-31-17-15-23)28(36)37-29(2,3)4/h6-13,23,31H,14-17H2,1-5H3. The zero-order valence-electron chi connectivity index (χ0n) is 22.0. The zero-order chi connectivity index (χ0) is 26.7. The van der Waals surface area contributed by atoms with E-state index in [1.54, 1.807) is 36.2 Å². The second kappa shape index (κ2) is 10.6. The highest BCUT2D eigenvalue weighted by Gasteiger charge is 2.34. The van der Waals surface area contributed by atoms with Gasteiger partial charge in [-0.05, 0) is 71.3 Å². The molecule has 1 aliphatic rings. The molecule has 1 fully saturated rings. The molecule has 0 bridgehead atoms. The third kappa shape index (κ3) is 5.73. The molecule has 0 aliphatic carbocycles. The highest BCUT2D eigenvalue weighted by atomic mass is 16.6. The van der Waals surface area contributed by atoms with Gasteiger partial charge in [0.1, 0.15) is 5.60 Å². The molecule has 3 aromatic rings. The van der Waals surface area contributed by atoms with Crippen molar-refractivity contribution in [2.24, 2.45) is 7.05 Å². The average Bonchev–Trinajstić information content (AvgIpc) is 2.87. The summed E-state index contributed by atoms with van der Waals surface area (Å²) in [5.74, 6) is 0.237. The highest BCUT2D eigenvalue weighted by Crippen LogP contribution is 2.32. The van der Waals surface area contributed by atoms with Crippen molar-refractivity contribution in [2.75, 3.05) is 18.0 Å². The highest BCUT2D eigenvalue weighted by molar-refractivity contribution is 5.88. The van der Waals surface area contributed by atoms with Crippen LogP contribution in [0.1, 0.15) is 44.7 Å². The first-order valence-corrected chi connectivity index (χ1v) is 12.5. The van der Waals surface area contributed by atoms with Gasteiger partial charge in [-0.2, -0.15) is 5.26 Å². The predicted molar refractivity (Wildman–Crippen MR) is 144 cm³/mol. The minimum absolute atomic E-state index is 0.173. The van der Waals surface area contributed by atoms with Crippen LogP contribution in [0.2, 0.25) is 0 Å². The Labute approximate surface area is 217 Å². The normalized spacial score (nSPS) is 14.2. The second-order valence-electron chi connectivity index (χ2n) is 10.4. The number of nitrogens with one attached hydrogen (secondary N) is 1. The minimum atomic E-state index is -0.709. The lowest BCUT2D eigenvalue weighted by molar-refractivity contribution is 0.0555. The van der Waals surface area contributed by atoms with Gasteiger partial charge in [-0.25, -0.2) is 14.7 Å². The third-order valence-corrected chi connectivity index (χ3v) is 6.37. The van der Waals surface area contributed by atoms with Crippen molar-refractivity contribution in [3.05, 3.63) is 70.0 Å². The Balaban J connectivity index is 1.96. The minimum Gasteiger partial charge on any atom is -0.443 e. The van der Waals surface area contributed by atoms with Crippen molar-refractivity contribution in [3.63, 3.8) is 0 Å². The summed E-state index contributed by atoms with van der Waals surface area (Å²) in [5, 5.41) is 12.6. The number of carbonyl (C=O) groups excluding carboxylic acids is 1. The van der Waals surface area contributed by atoms with Crippen LogP contribution >= 0.6 is 0 Å². The van der Waals surface area contributed by atoms with Crippen LogP contribution in [0.15, 0.2) is 53.3 Å². The molecule has 0 saturated carbocycles. The molecule has 192 valence electrons. The maximum absolute atomic E-state index is 14.0. The first-order valence-electron chi connectivity index (χ1n) is 12.5. The van der Waals surface area contributed by atoms with Crippen molar-refractivity contribution in [3.8, 4) is 28.5 Å².